The van der Waals surface area contributed by atoms with Crippen LogP contribution in [0.1, 0.15) is 91.8 Å². The van der Waals surface area contributed by atoms with E-state index in [0.29, 0.717) is 29.7 Å². The molecule has 1 aliphatic heterocycles. The number of aliphatic hydroxyl groups is 2. The lowest BCUT2D eigenvalue weighted by atomic mass is 9.85. The number of aryl methyl sites for hydroxylation is 1. The van der Waals surface area contributed by atoms with E-state index in [9.17, 15) is 44.4 Å². The number of benzene rings is 3. The van der Waals surface area contributed by atoms with E-state index in [1.54, 1.807) is 38.1 Å². The van der Waals surface area contributed by atoms with Crippen molar-refractivity contribution in [1.29, 1.82) is 0 Å². The highest BCUT2D eigenvalue weighted by molar-refractivity contribution is 6.02. The number of rotatable bonds is 16. The molecular formula is C48H63N9O11. The van der Waals surface area contributed by atoms with Crippen LogP contribution in [-0.4, -0.2) is 122 Å². The van der Waals surface area contributed by atoms with Crippen LogP contribution >= 0.6 is 0 Å². The molecule has 5 rings (SSSR count). The lowest BCUT2D eigenvalue weighted by Gasteiger charge is -2.32. The molecule has 4 aromatic rings. The number of nitrogen functional groups attached to an aromatic ring is 1. The Hall–Kier alpha value is -6.87. The van der Waals surface area contributed by atoms with Crippen LogP contribution in [-0.2, 0) is 37.6 Å². The van der Waals surface area contributed by atoms with Crippen molar-refractivity contribution in [3.63, 3.8) is 0 Å². The highest BCUT2D eigenvalue weighted by atomic mass is 16.5. The number of anilines is 1. The highest BCUT2D eigenvalue weighted by Crippen LogP contribution is 2.45. The van der Waals surface area contributed by atoms with Gasteiger partial charge in [-0.1, -0.05) is 52.0 Å². The summed E-state index contributed by atoms with van der Waals surface area (Å²) in [4.78, 5) is 79.4. The molecule has 20 nitrogen and oxygen atoms in total. The molecule has 0 spiro atoms. The lowest BCUT2D eigenvalue weighted by Crippen LogP contribution is -2.54. The molecule has 0 saturated heterocycles. The van der Waals surface area contributed by atoms with E-state index in [2.05, 4.69) is 25.9 Å². The van der Waals surface area contributed by atoms with Gasteiger partial charge in [-0.25, -0.2) is 14.8 Å². The molecule has 0 fully saturated rings. The van der Waals surface area contributed by atoms with Gasteiger partial charge in [-0.3, -0.25) is 19.2 Å². The maximum absolute atomic E-state index is 14.7. The molecule has 1 aliphatic rings. The second-order valence-corrected chi connectivity index (χ2v) is 17.7. The van der Waals surface area contributed by atoms with Crippen LogP contribution in [0.5, 0.6) is 17.2 Å². The number of nitrogens with two attached hydrogens (primary N) is 3. The van der Waals surface area contributed by atoms with Crippen LogP contribution in [0.2, 0.25) is 0 Å². The number of ether oxygens (including phenoxy) is 2. The monoisotopic (exact) mass is 941 g/mol. The molecule has 4 amide bonds. The fraction of sp³-hybridized carbons (Fsp3) is 0.438. The number of carbonyl (C=O) groups is 5. The van der Waals surface area contributed by atoms with Crippen LogP contribution in [0, 0.1) is 6.92 Å². The van der Waals surface area contributed by atoms with E-state index in [4.69, 9.17) is 26.7 Å². The quantitative estimate of drug-likeness (QED) is 0.0718. The summed E-state index contributed by atoms with van der Waals surface area (Å²) < 4.78 is 12.0. The van der Waals surface area contributed by atoms with Crippen LogP contribution in [0.3, 0.4) is 0 Å². The third-order valence-electron chi connectivity index (χ3n) is 11.6. The van der Waals surface area contributed by atoms with Gasteiger partial charge < -0.3 is 68.0 Å². The average Bonchev–Trinajstić information content (AvgIpc) is 3.29. The van der Waals surface area contributed by atoms with Gasteiger partial charge in [0.1, 0.15) is 54.0 Å². The summed E-state index contributed by atoms with van der Waals surface area (Å²) in [5, 5.41) is 50.4. The smallest absolute Gasteiger partial charge is 0.326 e. The number of hydrogen-bond acceptors (Lipinski definition) is 15. The number of nitrogens with one attached hydrogen (secondary N) is 3. The molecule has 0 saturated carbocycles. The van der Waals surface area contributed by atoms with Gasteiger partial charge in [-0.05, 0) is 85.2 Å². The van der Waals surface area contributed by atoms with Crippen molar-refractivity contribution in [2.45, 2.75) is 103 Å². The molecular weight excluding hydrogens is 879 g/mol. The van der Waals surface area contributed by atoms with Crippen LogP contribution in [0.15, 0.2) is 48.5 Å². The number of carbonyl (C=O) groups excluding carboxylic acids is 4. The van der Waals surface area contributed by atoms with Crippen LogP contribution in [0.4, 0.5) is 5.82 Å². The van der Waals surface area contributed by atoms with Crippen molar-refractivity contribution in [3.8, 4) is 39.8 Å². The Balaban J connectivity index is 1.61. The minimum absolute atomic E-state index is 0.0129. The average molecular weight is 942 g/mol. The maximum atomic E-state index is 14.7. The predicted molar refractivity (Wildman–Crippen MR) is 252 cm³/mol. The van der Waals surface area contributed by atoms with E-state index in [1.165, 1.54) is 26.1 Å². The van der Waals surface area contributed by atoms with E-state index in [-0.39, 0.29) is 95.7 Å². The number of phenols is 1. The number of aliphatic carboxylic acids is 1. The Morgan fingerprint density at radius 1 is 0.971 bits per heavy atom. The van der Waals surface area contributed by atoms with Crippen molar-refractivity contribution in [2.75, 3.05) is 39.1 Å². The summed E-state index contributed by atoms with van der Waals surface area (Å²) in [6.45, 7) is 10.2. The zero-order chi connectivity index (χ0) is 50.2. The number of carboxylic acid groups (broad SMARTS) is 1. The molecule has 13 N–H and O–H groups in total. The second-order valence-electron chi connectivity index (χ2n) is 17.7. The zero-order valence-corrected chi connectivity index (χ0v) is 39.4. The maximum Gasteiger partial charge on any atom is 0.326 e. The van der Waals surface area contributed by atoms with Crippen molar-refractivity contribution < 1.29 is 53.9 Å². The van der Waals surface area contributed by atoms with Gasteiger partial charge in [0.25, 0.3) is 5.91 Å². The van der Waals surface area contributed by atoms with Crippen molar-refractivity contribution in [2.24, 2.45) is 11.5 Å². The number of aliphatic hydroxyl groups excluding tert-OH is 2. The first-order valence-corrected chi connectivity index (χ1v) is 22.3. The number of phenolic OH excluding ortho intramolecular Hbond substituents is 1. The summed E-state index contributed by atoms with van der Waals surface area (Å²) >= 11 is 0. The normalized spacial score (nSPS) is 17.2. The van der Waals surface area contributed by atoms with Gasteiger partial charge in [-0.2, -0.15) is 0 Å². The van der Waals surface area contributed by atoms with E-state index in [0.717, 1.165) is 10.5 Å². The summed E-state index contributed by atoms with van der Waals surface area (Å²) in [7, 11) is 1.31. The number of aromatic nitrogens is 2. The molecule has 5 atom stereocenters. The van der Waals surface area contributed by atoms with Crippen molar-refractivity contribution in [3.05, 3.63) is 82.0 Å². The SMILES string of the molecule is CC[C@H](NC(=O)c1c(C)nc(-c2ccc(C(C)(C)C)cc2CO)nc1N)C(=O)N(C)[C@@H]1C(=O)N[C@@H](C)C(=O)N[C@H](C(=O)O)Cc2ccc(OCCCN)c(c2)-c2cc1cc(OC[C@H](O)CN)c2O. The lowest BCUT2D eigenvalue weighted by molar-refractivity contribution is -0.143. The topological polar surface area (TPSA) is 328 Å². The van der Waals surface area contributed by atoms with E-state index in [1.807, 2.05) is 32.9 Å². The molecule has 4 bridgehead atoms. The summed E-state index contributed by atoms with van der Waals surface area (Å²) in [6, 6.07) is 7.32. The summed E-state index contributed by atoms with van der Waals surface area (Å²) in [5.74, 6) is -5.11. The first-order chi connectivity index (χ1) is 32.1. The largest absolute Gasteiger partial charge is 0.504 e. The third-order valence-corrected chi connectivity index (χ3v) is 11.6. The zero-order valence-electron chi connectivity index (χ0n) is 39.4. The number of likely N-dealkylation sites (N-methyl/N-ethyl adjacent to an activating group) is 1. The van der Waals surface area contributed by atoms with Crippen LogP contribution < -0.4 is 42.6 Å². The Labute approximate surface area is 394 Å². The van der Waals surface area contributed by atoms with Crippen molar-refractivity contribution in [1.82, 2.24) is 30.8 Å². The van der Waals surface area contributed by atoms with Crippen molar-refractivity contribution >= 4 is 35.4 Å². The Kier molecular flexibility index (Phi) is 17.1. The fourth-order valence-corrected chi connectivity index (χ4v) is 7.65. The summed E-state index contributed by atoms with van der Waals surface area (Å²) in [6.07, 6.45) is -0.902. The fourth-order valence-electron chi connectivity index (χ4n) is 7.65. The van der Waals surface area contributed by atoms with Gasteiger partial charge in [-0.15, -0.1) is 0 Å². The molecule has 0 aliphatic carbocycles. The number of hydrogen-bond donors (Lipinski definition) is 10. The number of carboxylic acids is 1. The standard InChI is InChI=1S/C48H63N9O11/c1-8-34(54-44(62)38-24(2)52-42(56-41(38)51)31-12-11-29(48(4,5)6)18-28(31)22-58)46(64)57(7)39-27-19-33(40(60)37(20-27)68-23-30(59)21-50)32-16-26(10-13-36(32)67-15-9-14-49)17-35(47(65)66)55-43(61)25(3)53-45(39)63/h10-13,16,18-20,25,30,34-35,39,58-60H,8-9,14-15,17,21-23,49-50H2,1-7H3,(H,53,63)(H,54,62)(H,55,61)(H,65,66)(H2,51,52,56)/t25-,30+,34-,35-,39-/m0/s1. The van der Waals surface area contributed by atoms with Gasteiger partial charge >= 0.3 is 5.97 Å². The molecule has 20 heteroatoms. The molecule has 0 radical (unpaired) electrons. The second kappa shape index (κ2) is 22.3. The number of aromatic hydroxyl groups is 1. The molecule has 68 heavy (non-hydrogen) atoms. The van der Waals surface area contributed by atoms with Gasteiger partial charge in [0.15, 0.2) is 17.3 Å². The van der Waals surface area contributed by atoms with E-state index < -0.39 is 65.6 Å². The molecule has 366 valence electrons. The highest BCUT2D eigenvalue weighted by Gasteiger charge is 2.37. The predicted octanol–water partition coefficient (Wildman–Crippen LogP) is 1.96. The Morgan fingerprint density at radius 3 is 2.31 bits per heavy atom. The number of amides is 4. The van der Waals surface area contributed by atoms with Gasteiger partial charge in [0, 0.05) is 36.7 Å². The Bertz CT molecular complexity index is 2510. The minimum Gasteiger partial charge on any atom is -0.504 e. The third kappa shape index (κ3) is 12.0. The first-order valence-electron chi connectivity index (χ1n) is 22.3. The molecule has 3 aromatic carbocycles. The molecule has 1 aromatic heterocycles. The number of nitrogens with zero attached hydrogens (tertiary/aromatic N) is 3. The minimum atomic E-state index is -1.62. The van der Waals surface area contributed by atoms with Gasteiger partial charge in [0.2, 0.25) is 17.7 Å². The number of fused-ring (bicyclic) bond motifs is 5. The van der Waals surface area contributed by atoms with E-state index >= 15 is 0 Å². The Morgan fingerprint density at radius 2 is 1.69 bits per heavy atom. The molecule has 0 unspecified atom stereocenters. The van der Waals surface area contributed by atoms with Gasteiger partial charge in [0.05, 0.1) is 18.9 Å². The molecule has 2 heterocycles. The first kappa shape index (κ1) is 52.1. The van der Waals surface area contributed by atoms with Crippen LogP contribution in [0.25, 0.3) is 22.5 Å². The summed E-state index contributed by atoms with van der Waals surface area (Å²) in [5.41, 5.74) is 20.5.